The zero-order valence-corrected chi connectivity index (χ0v) is 29.9. The minimum atomic E-state index is -1.50. The molecule has 0 aliphatic heterocycles. The Hall–Kier alpha value is -3.02. The molecule has 0 unspecified atom stereocenters. The van der Waals surface area contributed by atoms with Gasteiger partial charge in [-0.15, -0.1) is 53.6 Å². The van der Waals surface area contributed by atoms with Crippen LogP contribution in [0.5, 0.6) is 0 Å². The largest absolute Gasteiger partial charge is 0.305 e. The van der Waals surface area contributed by atoms with Gasteiger partial charge in [-0.3, -0.25) is 4.39 Å². The van der Waals surface area contributed by atoms with Crippen LogP contribution in [-0.4, -0.2) is 18.0 Å². The van der Waals surface area contributed by atoms with E-state index < -0.39 is 14.0 Å². The second-order valence-corrected chi connectivity index (χ2v) is 18.2. The third-order valence-electron chi connectivity index (χ3n) is 7.35. The summed E-state index contributed by atoms with van der Waals surface area (Å²) in [4.78, 5) is 9.10. The summed E-state index contributed by atoms with van der Waals surface area (Å²) >= 11 is 1.60. The summed E-state index contributed by atoms with van der Waals surface area (Å²) in [5.41, 5.74) is 5.95. The van der Waals surface area contributed by atoms with Crippen LogP contribution < -0.4 is 5.19 Å². The third kappa shape index (κ3) is 7.21. The van der Waals surface area contributed by atoms with E-state index in [1.54, 1.807) is 11.3 Å². The van der Waals surface area contributed by atoms with Gasteiger partial charge in [-0.2, -0.15) is 11.3 Å². The van der Waals surface area contributed by atoms with Crippen LogP contribution in [0.25, 0.3) is 42.7 Å². The van der Waals surface area contributed by atoms with E-state index in [0.29, 0.717) is 11.3 Å². The number of pyridine rings is 2. The average Bonchev–Trinajstić information content (AvgIpc) is 3.37. The topological polar surface area (TPSA) is 25.8 Å². The molecule has 0 aliphatic carbocycles. The fraction of sp³-hybridized carbons (Fsp3) is 0.243. The summed E-state index contributed by atoms with van der Waals surface area (Å²) in [6, 6.07) is 29.7. The van der Waals surface area contributed by atoms with E-state index in [-0.39, 0.29) is 25.9 Å². The van der Waals surface area contributed by atoms with Crippen LogP contribution >= 0.6 is 11.3 Å². The number of aromatic nitrogens is 2. The van der Waals surface area contributed by atoms with E-state index in [0.717, 1.165) is 42.9 Å². The number of nitrogens with zero attached hydrogens (tertiary/aromatic N) is 2. The monoisotopic (exact) mass is 782 g/mol. The first-order valence-corrected chi connectivity index (χ1v) is 18.6. The molecule has 3 heterocycles. The molecule has 0 fully saturated rings. The van der Waals surface area contributed by atoms with E-state index in [2.05, 4.69) is 67.7 Å². The summed E-state index contributed by atoms with van der Waals surface area (Å²) in [6.45, 7) is 15.1. The Bertz CT molecular complexity index is 1890. The molecule has 6 heteroatoms. The van der Waals surface area contributed by atoms with Gasteiger partial charge in [0.25, 0.3) is 0 Å². The molecule has 0 aliphatic rings. The number of hydrogen-bond donors (Lipinski definition) is 0. The minimum Gasteiger partial charge on any atom is -0.305 e. The smallest absolute Gasteiger partial charge is 0.0799 e. The van der Waals surface area contributed by atoms with Gasteiger partial charge in [0.05, 0.1) is 8.07 Å². The van der Waals surface area contributed by atoms with Gasteiger partial charge in [-0.05, 0) is 56.0 Å². The first-order valence-electron chi connectivity index (χ1n) is 14.8. The fourth-order valence-electron chi connectivity index (χ4n) is 5.03. The van der Waals surface area contributed by atoms with Crippen molar-refractivity contribution in [3.63, 3.8) is 0 Å². The van der Waals surface area contributed by atoms with Crippen molar-refractivity contribution in [3.8, 4) is 22.5 Å². The van der Waals surface area contributed by atoms with Crippen LogP contribution in [0, 0.1) is 17.9 Å². The van der Waals surface area contributed by atoms with Crippen molar-refractivity contribution in [2.75, 3.05) is 0 Å². The molecule has 223 valence electrons. The summed E-state index contributed by atoms with van der Waals surface area (Å²) in [7, 11) is -1.50. The maximum atomic E-state index is 14.4. The van der Waals surface area contributed by atoms with E-state index in [1.807, 2.05) is 80.8 Å². The summed E-state index contributed by atoms with van der Waals surface area (Å²) in [5.74, 6) is -0.404. The first-order chi connectivity index (χ1) is 20.3. The zero-order valence-electron chi connectivity index (χ0n) is 26.7. The van der Waals surface area contributed by atoms with E-state index in [9.17, 15) is 4.39 Å². The maximum absolute atomic E-state index is 14.4. The first kappa shape index (κ1) is 31.4. The Morgan fingerprint density at radius 3 is 2.33 bits per heavy atom. The molecule has 0 bridgehead atoms. The summed E-state index contributed by atoms with van der Waals surface area (Å²) < 4.78 is 24.8. The predicted octanol–water partition coefficient (Wildman–Crippen LogP) is 10.4. The number of fused-ring (bicyclic) bond motifs is 3. The second kappa shape index (κ2) is 13.7. The molecule has 0 amide bonds. The van der Waals surface area contributed by atoms with Crippen molar-refractivity contribution >= 4 is 44.8 Å². The molecule has 0 saturated heterocycles. The summed E-state index contributed by atoms with van der Waals surface area (Å²) in [6.07, 6.45) is 3.80. The molecule has 3 aromatic carbocycles. The molecule has 2 nitrogen and oxygen atoms in total. The average molecular weight is 782 g/mol. The van der Waals surface area contributed by atoms with Crippen molar-refractivity contribution < 1.29 is 25.9 Å². The van der Waals surface area contributed by atoms with E-state index in [1.165, 1.54) is 16.8 Å². The number of hydrogen-bond acceptors (Lipinski definition) is 3. The molecule has 0 saturated carbocycles. The standard InChI is InChI=1S/C20H15FNS.C17H22NSi.Ir/c1-12(2)13-9-10-22-17(11-13)14-7-8-16(21)19-15-5-3-4-6-18(15)23-20(14)19;1-13(2)15-11-16(14-9-7-6-8-10-14)18-12-17(15)19(3,4)5;/h3-6,8-12H,1-2H3;6-9,11-13H,1-5H3;/q2*-1;/i;13D;. The SMILES string of the molecule is CC(C)c1ccnc(-c2[c-]cc(F)c3c2sc2ccccc23)c1.[2H]C(C)(C)c1cc(-c2[c-]cccc2)ncc1[Si](C)(C)C.[Ir]. The third-order valence-corrected chi connectivity index (χ3v) is 10.5. The zero-order chi connectivity index (χ0) is 30.9. The van der Waals surface area contributed by atoms with Crippen LogP contribution in [-0.2, 0) is 20.1 Å². The Morgan fingerprint density at radius 1 is 0.907 bits per heavy atom. The number of thiophene rings is 1. The van der Waals surface area contributed by atoms with Crippen molar-refractivity contribution in [1.29, 1.82) is 0 Å². The van der Waals surface area contributed by atoms with Gasteiger partial charge in [0, 0.05) is 44.4 Å². The van der Waals surface area contributed by atoms with Crippen LogP contribution in [0.15, 0.2) is 85.2 Å². The molecule has 0 N–H and O–H groups in total. The van der Waals surface area contributed by atoms with Gasteiger partial charge >= 0.3 is 0 Å². The Balaban J connectivity index is 0.000000199. The molecular weight excluding hydrogens is 744 g/mol. The van der Waals surface area contributed by atoms with E-state index >= 15 is 0 Å². The van der Waals surface area contributed by atoms with Gasteiger partial charge in [0.2, 0.25) is 0 Å². The van der Waals surface area contributed by atoms with E-state index in [4.69, 9.17) is 1.37 Å². The Kier molecular flexibility index (Phi) is 10.0. The van der Waals surface area contributed by atoms with Gasteiger partial charge in [-0.1, -0.05) is 88.8 Å². The molecule has 3 aromatic heterocycles. The molecule has 0 atom stereocenters. The van der Waals surface area contributed by atoms with Crippen LogP contribution in [0.2, 0.25) is 19.6 Å². The fourth-order valence-corrected chi connectivity index (χ4v) is 7.84. The van der Waals surface area contributed by atoms with Crippen molar-refractivity contribution in [2.24, 2.45) is 0 Å². The molecule has 0 spiro atoms. The van der Waals surface area contributed by atoms with Gasteiger partial charge < -0.3 is 9.97 Å². The number of halogens is 1. The maximum Gasteiger partial charge on any atom is 0.0799 e. The van der Waals surface area contributed by atoms with Crippen LogP contribution in [0.4, 0.5) is 4.39 Å². The van der Waals surface area contributed by atoms with Crippen LogP contribution in [0.3, 0.4) is 0 Å². The second-order valence-electron chi connectivity index (χ2n) is 12.1. The Morgan fingerprint density at radius 2 is 1.65 bits per heavy atom. The Labute approximate surface area is 275 Å². The van der Waals surface area contributed by atoms with Crippen molar-refractivity contribution in [1.82, 2.24) is 9.97 Å². The van der Waals surface area contributed by atoms with Crippen LogP contribution in [0.1, 0.15) is 52.0 Å². The predicted molar refractivity (Wildman–Crippen MR) is 181 cm³/mol. The minimum absolute atomic E-state index is 0. The number of rotatable bonds is 5. The van der Waals surface area contributed by atoms with Crippen molar-refractivity contribution in [3.05, 3.63) is 114 Å². The molecule has 43 heavy (non-hydrogen) atoms. The number of benzene rings is 3. The molecular formula is C37H37FIrN2SSi-2. The van der Waals surface area contributed by atoms with Gasteiger partial charge in [0.15, 0.2) is 0 Å². The quantitative estimate of drug-likeness (QED) is 0.129. The molecule has 6 aromatic rings. The van der Waals surface area contributed by atoms with Gasteiger partial charge in [0.1, 0.15) is 0 Å². The molecule has 6 rings (SSSR count). The summed E-state index contributed by atoms with van der Waals surface area (Å²) in [5, 5.41) is 2.91. The molecule has 1 radical (unpaired) electrons. The van der Waals surface area contributed by atoms with Gasteiger partial charge in [-0.25, -0.2) is 0 Å². The van der Waals surface area contributed by atoms with Crippen molar-refractivity contribution in [2.45, 2.75) is 59.1 Å². The normalized spacial score (nSPS) is 12.1.